The van der Waals surface area contributed by atoms with Gasteiger partial charge in [0.15, 0.2) is 5.82 Å². The Morgan fingerprint density at radius 2 is 0.729 bits per heavy atom. The highest BCUT2D eigenvalue weighted by Crippen LogP contribution is 2.46. The second-order valence-corrected chi connectivity index (χ2v) is 17.2. The van der Waals surface area contributed by atoms with Crippen LogP contribution in [0, 0.1) is 0 Å². The molecule has 0 saturated heterocycles. The summed E-state index contributed by atoms with van der Waals surface area (Å²) >= 11 is 0. The second-order valence-electron chi connectivity index (χ2n) is 17.2. The lowest BCUT2D eigenvalue weighted by molar-refractivity contribution is -0.138. The number of hydrogen-bond donors (Lipinski definition) is 0. The molecule has 70 heavy (non-hydrogen) atoms. The first-order valence-corrected chi connectivity index (χ1v) is 22.5. The number of halogens is 6. The van der Waals surface area contributed by atoms with Crippen LogP contribution in [0.15, 0.2) is 218 Å². The number of benzene rings is 9. The molecule has 0 unspecified atom stereocenters. The number of fused-ring (bicyclic) bond motifs is 6. The van der Waals surface area contributed by atoms with E-state index < -0.39 is 23.5 Å². The largest absolute Gasteiger partial charge is 0.416 e. The molecule has 338 valence electrons. The van der Waals surface area contributed by atoms with Gasteiger partial charge in [-0.1, -0.05) is 140 Å². The van der Waals surface area contributed by atoms with Crippen molar-refractivity contribution in [2.24, 2.45) is 0 Å². The first-order valence-electron chi connectivity index (χ1n) is 22.5. The van der Waals surface area contributed by atoms with Crippen LogP contribution < -0.4 is 0 Å². The summed E-state index contributed by atoms with van der Waals surface area (Å²) in [6.45, 7) is 0. The Morgan fingerprint density at radius 1 is 0.314 bits per heavy atom. The van der Waals surface area contributed by atoms with Gasteiger partial charge in [0.25, 0.3) is 0 Å². The second kappa shape index (κ2) is 16.5. The predicted molar refractivity (Wildman–Crippen MR) is 268 cm³/mol. The molecule has 12 rings (SSSR count). The molecule has 10 heteroatoms. The van der Waals surface area contributed by atoms with Gasteiger partial charge in [0.2, 0.25) is 0 Å². The topological polar surface area (TPSA) is 35.6 Å². The zero-order valence-electron chi connectivity index (χ0n) is 36.8. The third-order valence-electron chi connectivity index (χ3n) is 13.0. The first kappa shape index (κ1) is 42.6. The normalized spacial score (nSPS) is 12.1. The van der Waals surface area contributed by atoms with Crippen molar-refractivity contribution in [2.75, 3.05) is 0 Å². The summed E-state index contributed by atoms with van der Waals surface area (Å²) in [7, 11) is 0. The third kappa shape index (κ3) is 7.36. The number of nitrogens with zero attached hydrogens (tertiary/aromatic N) is 4. The molecule has 3 heterocycles. The van der Waals surface area contributed by atoms with Gasteiger partial charge in [-0.2, -0.15) is 26.3 Å². The fraction of sp³-hybridized carbons (Fsp3) is 0.0333. The van der Waals surface area contributed by atoms with E-state index in [1.165, 1.54) is 12.1 Å². The van der Waals surface area contributed by atoms with Crippen LogP contribution in [0.25, 0.3) is 111 Å². The van der Waals surface area contributed by atoms with Gasteiger partial charge in [0.1, 0.15) is 0 Å². The molecule has 3 aromatic heterocycles. The van der Waals surface area contributed by atoms with Crippen LogP contribution in [0.2, 0.25) is 0 Å². The van der Waals surface area contributed by atoms with Gasteiger partial charge < -0.3 is 9.13 Å². The van der Waals surface area contributed by atoms with Crippen molar-refractivity contribution in [3.05, 3.63) is 230 Å². The van der Waals surface area contributed by atoms with E-state index in [1.54, 1.807) is 24.3 Å². The number of hydrogen-bond acceptors (Lipinski definition) is 2. The van der Waals surface area contributed by atoms with Crippen LogP contribution in [0.4, 0.5) is 26.3 Å². The third-order valence-corrected chi connectivity index (χ3v) is 13.0. The molecule has 0 fully saturated rings. The van der Waals surface area contributed by atoms with E-state index >= 15 is 0 Å². The molecule has 9 aromatic carbocycles. The van der Waals surface area contributed by atoms with Crippen LogP contribution >= 0.6 is 0 Å². The smallest absolute Gasteiger partial charge is 0.309 e. The molecule has 0 atom stereocenters. The Morgan fingerprint density at radius 3 is 1.21 bits per heavy atom. The van der Waals surface area contributed by atoms with E-state index in [1.807, 2.05) is 132 Å². The van der Waals surface area contributed by atoms with Crippen molar-refractivity contribution < 1.29 is 26.3 Å². The standard InChI is InChI=1S/C60H36F6N4/c61-59(62,63)42-21-13-19-39(31-42)48-33-41(58-67-51(37-15-3-1-4-16-37)36-52(68-58)38-17-5-2-6-18-38)34-49(40-20-14-22-43(32-40)60(64,65)66)57(48)70-55-28-12-9-25-47(55)50-35-44(29-30-56(50)70)69-53-26-10-7-23-45(53)46-24-8-11-27-54(46)69/h1-36H. The van der Waals surface area contributed by atoms with Gasteiger partial charge in [-0.25, -0.2) is 9.97 Å². The summed E-state index contributed by atoms with van der Waals surface area (Å²) in [6.07, 6.45) is -9.41. The molecule has 0 aliphatic carbocycles. The zero-order chi connectivity index (χ0) is 47.7. The fourth-order valence-electron chi connectivity index (χ4n) is 9.80. The minimum atomic E-state index is -4.70. The number of para-hydroxylation sites is 3. The average molecular weight is 927 g/mol. The molecule has 0 amide bonds. The van der Waals surface area contributed by atoms with Gasteiger partial charge in [0, 0.05) is 55.0 Å². The Kier molecular flexibility index (Phi) is 10.0. The molecule has 0 aliphatic heterocycles. The maximum Gasteiger partial charge on any atom is 0.416 e. The summed E-state index contributed by atoms with van der Waals surface area (Å²) in [5.41, 5.74) is 7.04. The molecule has 12 aromatic rings. The van der Waals surface area contributed by atoms with Crippen LogP contribution in [-0.2, 0) is 12.4 Å². The monoisotopic (exact) mass is 926 g/mol. The average Bonchev–Trinajstić information content (AvgIpc) is 3.90. The lowest BCUT2D eigenvalue weighted by Crippen LogP contribution is -2.07. The molecular weight excluding hydrogens is 891 g/mol. The van der Waals surface area contributed by atoms with Crippen molar-refractivity contribution in [2.45, 2.75) is 12.4 Å². The van der Waals surface area contributed by atoms with E-state index in [2.05, 4.69) is 34.9 Å². The lowest BCUT2D eigenvalue weighted by atomic mass is 9.91. The van der Waals surface area contributed by atoms with Crippen molar-refractivity contribution in [3.8, 4) is 67.5 Å². The number of rotatable bonds is 7. The highest BCUT2D eigenvalue weighted by atomic mass is 19.4. The highest BCUT2D eigenvalue weighted by molar-refractivity contribution is 6.13. The maximum atomic E-state index is 14.7. The summed E-state index contributed by atoms with van der Waals surface area (Å²) in [4.78, 5) is 10.1. The van der Waals surface area contributed by atoms with E-state index in [4.69, 9.17) is 9.97 Å². The fourth-order valence-corrected chi connectivity index (χ4v) is 9.80. The molecule has 0 aliphatic rings. The van der Waals surface area contributed by atoms with E-state index in [0.717, 1.165) is 73.7 Å². The van der Waals surface area contributed by atoms with Crippen LogP contribution in [0.5, 0.6) is 0 Å². The van der Waals surface area contributed by atoms with E-state index in [9.17, 15) is 26.3 Å². The predicted octanol–water partition coefficient (Wildman–Crippen LogP) is 17.0. The number of aromatic nitrogens is 4. The Bertz CT molecular complexity index is 3790. The molecule has 0 N–H and O–H groups in total. The van der Waals surface area contributed by atoms with Crippen molar-refractivity contribution >= 4 is 43.6 Å². The Hall–Kier alpha value is -8.76. The lowest BCUT2D eigenvalue weighted by Gasteiger charge is -2.22. The molecule has 0 bridgehead atoms. The number of alkyl halides is 6. The van der Waals surface area contributed by atoms with Crippen molar-refractivity contribution in [1.82, 2.24) is 19.1 Å². The zero-order valence-corrected chi connectivity index (χ0v) is 36.8. The molecule has 4 nitrogen and oxygen atoms in total. The highest BCUT2D eigenvalue weighted by Gasteiger charge is 2.33. The van der Waals surface area contributed by atoms with E-state index in [0.29, 0.717) is 44.8 Å². The molecular formula is C60H36F6N4. The van der Waals surface area contributed by atoms with Crippen molar-refractivity contribution in [3.63, 3.8) is 0 Å². The quantitative estimate of drug-likeness (QED) is 0.149. The van der Waals surface area contributed by atoms with Crippen LogP contribution in [0.1, 0.15) is 11.1 Å². The molecule has 0 saturated carbocycles. The summed E-state index contributed by atoms with van der Waals surface area (Å²) < 4.78 is 92.6. The van der Waals surface area contributed by atoms with Gasteiger partial charge in [-0.3, -0.25) is 0 Å². The Labute approximate surface area is 397 Å². The minimum Gasteiger partial charge on any atom is -0.309 e. The first-order chi connectivity index (χ1) is 34.0. The SMILES string of the molecule is FC(F)(F)c1cccc(-c2cc(-c3nc(-c4ccccc4)cc(-c4ccccc4)n3)cc(-c3cccc(C(F)(F)F)c3)c2-n2c3ccccc3c3cc(-n4c5ccccc5c5ccccc54)ccc32)c1. The molecule has 0 spiro atoms. The van der Waals surface area contributed by atoms with Crippen molar-refractivity contribution in [1.29, 1.82) is 0 Å². The molecule has 0 radical (unpaired) electrons. The summed E-state index contributed by atoms with van der Waals surface area (Å²) in [5, 5.41) is 3.84. The van der Waals surface area contributed by atoms with Gasteiger partial charge >= 0.3 is 12.4 Å². The van der Waals surface area contributed by atoms with Gasteiger partial charge in [-0.05, 0) is 90.0 Å². The van der Waals surface area contributed by atoms with Gasteiger partial charge in [0.05, 0.1) is 50.3 Å². The minimum absolute atomic E-state index is 0.190. The maximum absolute atomic E-state index is 14.7. The summed E-state index contributed by atoms with van der Waals surface area (Å²) in [5.74, 6) is 0.228. The van der Waals surface area contributed by atoms with E-state index in [-0.39, 0.29) is 17.0 Å². The summed E-state index contributed by atoms with van der Waals surface area (Å²) in [6, 6.07) is 64.7. The van der Waals surface area contributed by atoms with Gasteiger partial charge in [-0.15, -0.1) is 0 Å². The Balaban J connectivity index is 1.20. The van der Waals surface area contributed by atoms with Crippen LogP contribution in [0.3, 0.4) is 0 Å². The van der Waals surface area contributed by atoms with Crippen LogP contribution in [-0.4, -0.2) is 19.1 Å².